The van der Waals surface area contributed by atoms with Gasteiger partial charge in [0.1, 0.15) is 5.76 Å². The summed E-state index contributed by atoms with van der Waals surface area (Å²) in [5.41, 5.74) is 3.26. The molecule has 0 spiro atoms. The van der Waals surface area contributed by atoms with Crippen LogP contribution in [0.1, 0.15) is 23.1 Å². The van der Waals surface area contributed by atoms with Crippen LogP contribution in [0.2, 0.25) is 0 Å². The smallest absolute Gasteiger partial charge is 0.226 e. The van der Waals surface area contributed by atoms with E-state index in [9.17, 15) is 0 Å². The number of piperazine rings is 1. The molecule has 1 N–H and O–H groups in total. The summed E-state index contributed by atoms with van der Waals surface area (Å²) in [6, 6.07) is 14.5. The fraction of sp³-hybridized carbons (Fsp3) is 0.300. The minimum Gasteiger partial charge on any atom is -0.441 e. The molecular weight excluding hydrogens is 348 g/mol. The van der Waals surface area contributed by atoms with E-state index in [4.69, 9.17) is 9.40 Å². The van der Waals surface area contributed by atoms with Crippen molar-refractivity contribution in [1.82, 2.24) is 20.2 Å². The van der Waals surface area contributed by atoms with Gasteiger partial charge in [0, 0.05) is 50.2 Å². The predicted molar refractivity (Wildman–Crippen MR) is 104 cm³/mol. The number of aromatic nitrogens is 2. The van der Waals surface area contributed by atoms with Gasteiger partial charge in [0.15, 0.2) is 0 Å². The van der Waals surface area contributed by atoms with Crippen LogP contribution in [0.25, 0.3) is 11.5 Å². The highest BCUT2D eigenvalue weighted by Crippen LogP contribution is 2.26. The SMILES string of the molecule is Cc1oc(-c2ccccc2)nc1CN1CCNCC1c1cccnc1.Cl. The average molecular weight is 371 g/mol. The van der Waals surface area contributed by atoms with E-state index in [1.807, 2.05) is 55.7 Å². The van der Waals surface area contributed by atoms with Crippen molar-refractivity contribution >= 4 is 12.4 Å². The minimum absolute atomic E-state index is 0. The van der Waals surface area contributed by atoms with E-state index in [1.54, 1.807) is 0 Å². The van der Waals surface area contributed by atoms with E-state index in [1.165, 1.54) is 5.56 Å². The van der Waals surface area contributed by atoms with Crippen LogP contribution in [-0.4, -0.2) is 34.5 Å². The number of oxazole rings is 1. The zero-order valence-corrected chi connectivity index (χ0v) is 15.6. The van der Waals surface area contributed by atoms with Crippen molar-refractivity contribution < 1.29 is 4.42 Å². The third-order valence-corrected chi connectivity index (χ3v) is 4.69. The Labute approximate surface area is 159 Å². The number of aryl methyl sites for hydroxylation is 1. The van der Waals surface area contributed by atoms with Crippen LogP contribution in [0.5, 0.6) is 0 Å². The first-order chi connectivity index (χ1) is 12.3. The van der Waals surface area contributed by atoms with Gasteiger partial charge in [-0.15, -0.1) is 12.4 Å². The van der Waals surface area contributed by atoms with Gasteiger partial charge in [-0.05, 0) is 30.7 Å². The molecule has 6 heteroatoms. The Balaban J connectivity index is 0.00000196. The Morgan fingerprint density at radius 3 is 2.81 bits per heavy atom. The maximum atomic E-state index is 5.92. The molecule has 4 rings (SSSR count). The number of hydrogen-bond donors (Lipinski definition) is 1. The summed E-state index contributed by atoms with van der Waals surface area (Å²) in [6.45, 7) is 5.67. The zero-order chi connectivity index (χ0) is 17.1. The first-order valence-corrected chi connectivity index (χ1v) is 8.67. The average Bonchev–Trinajstić information content (AvgIpc) is 3.04. The van der Waals surface area contributed by atoms with Crippen molar-refractivity contribution in [1.29, 1.82) is 0 Å². The fourth-order valence-corrected chi connectivity index (χ4v) is 3.31. The van der Waals surface area contributed by atoms with Gasteiger partial charge in [-0.3, -0.25) is 9.88 Å². The number of nitrogens with one attached hydrogen (secondary N) is 1. The number of nitrogens with zero attached hydrogens (tertiary/aromatic N) is 3. The normalized spacial score (nSPS) is 17.7. The molecule has 0 saturated carbocycles. The van der Waals surface area contributed by atoms with Crippen LogP contribution in [0.15, 0.2) is 59.3 Å². The van der Waals surface area contributed by atoms with Crippen molar-refractivity contribution in [2.24, 2.45) is 0 Å². The molecule has 3 aromatic rings. The summed E-state index contributed by atoms with van der Waals surface area (Å²) >= 11 is 0. The summed E-state index contributed by atoms with van der Waals surface area (Å²) in [5, 5.41) is 3.48. The largest absolute Gasteiger partial charge is 0.441 e. The van der Waals surface area contributed by atoms with E-state index in [2.05, 4.69) is 21.3 Å². The molecule has 3 heterocycles. The van der Waals surface area contributed by atoms with Gasteiger partial charge in [-0.25, -0.2) is 4.98 Å². The highest BCUT2D eigenvalue weighted by molar-refractivity contribution is 5.85. The lowest BCUT2D eigenvalue weighted by Gasteiger charge is -2.35. The molecule has 0 radical (unpaired) electrons. The summed E-state index contributed by atoms with van der Waals surface area (Å²) in [5.74, 6) is 1.59. The Bertz CT molecular complexity index is 822. The first kappa shape index (κ1) is 18.6. The van der Waals surface area contributed by atoms with Crippen molar-refractivity contribution in [3.05, 3.63) is 71.9 Å². The Hall–Kier alpha value is -2.21. The van der Waals surface area contributed by atoms with Crippen LogP contribution >= 0.6 is 12.4 Å². The third kappa shape index (κ3) is 3.96. The lowest BCUT2D eigenvalue weighted by molar-refractivity contribution is 0.151. The number of halogens is 1. The summed E-state index contributed by atoms with van der Waals surface area (Å²) in [4.78, 5) is 11.5. The van der Waals surface area contributed by atoms with E-state index in [0.717, 1.165) is 43.2 Å². The molecule has 0 amide bonds. The number of hydrogen-bond acceptors (Lipinski definition) is 5. The van der Waals surface area contributed by atoms with E-state index in [-0.39, 0.29) is 12.4 Å². The zero-order valence-electron chi connectivity index (χ0n) is 14.8. The predicted octanol–water partition coefficient (Wildman–Crippen LogP) is 3.61. The molecule has 1 saturated heterocycles. The topological polar surface area (TPSA) is 54.2 Å². The van der Waals surface area contributed by atoms with Gasteiger partial charge < -0.3 is 9.73 Å². The second kappa shape index (κ2) is 8.45. The summed E-state index contributed by atoms with van der Waals surface area (Å²) in [6.07, 6.45) is 3.77. The Morgan fingerprint density at radius 2 is 2.04 bits per heavy atom. The molecule has 2 aromatic heterocycles. The molecule has 0 aliphatic carbocycles. The fourth-order valence-electron chi connectivity index (χ4n) is 3.31. The first-order valence-electron chi connectivity index (χ1n) is 8.67. The van der Waals surface area contributed by atoms with Gasteiger partial charge in [0.2, 0.25) is 5.89 Å². The quantitative estimate of drug-likeness (QED) is 0.760. The van der Waals surface area contributed by atoms with Gasteiger partial charge in [-0.1, -0.05) is 24.3 Å². The van der Waals surface area contributed by atoms with Crippen LogP contribution < -0.4 is 5.32 Å². The Kier molecular flexibility index (Phi) is 6.04. The second-order valence-electron chi connectivity index (χ2n) is 6.36. The highest BCUT2D eigenvalue weighted by Gasteiger charge is 2.25. The lowest BCUT2D eigenvalue weighted by atomic mass is 10.1. The van der Waals surface area contributed by atoms with Crippen molar-refractivity contribution in [3.8, 4) is 11.5 Å². The molecule has 1 unspecified atom stereocenters. The van der Waals surface area contributed by atoms with Gasteiger partial charge >= 0.3 is 0 Å². The molecule has 1 fully saturated rings. The van der Waals surface area contributed by atoms with Gasteiger partial charge in [0.25, 0.3) is 0 Å². The van der Waals surface area contributed by atoms with Crippen molar-refractivity contribution in [2.45, 2.75) is 19.5 Å². The second-order valence-corrected chi connectivity index (χ2v) is 6.36. The van der Waals surface area contributed by atoms with Crippen LogP contribution in [0, 0.1) is 6.92 Å². The highest BCUT2D eigenvalue weighted by atomic mass is 35.5. The lowest BCUT2D eigenvalue weighted by Crippen LogP contribution is -2.45. The summed E-state index contributed by atoms with van der Waals surface area (Å²) < 4.78 is 5.92. The van der Waals surface area contributed by atoms with Gasteiger partial charge in [0.05, 0.1) is 5.69 Å². The van der Waals surface area contributed by atoms with E-state index >= 15 is 0 Å². The molecule has 26 heavy (non-hydrogen) atoms. The minimum atomic E-state index is 0. The molecule has 0 bridgehead atoms. The number of benzene rings is 1. The van der Waals surface area contributed by atoms with E-state index < -0.39 is 0 Å². The van der Waals surface area contributed by atoms with Crippen molar-refractivity contribution in [3.63, 3.8) is 0 Å². The molecule has 1 atom stereocenters. The van der Waals surface area contributed by atoms with Crippen LogP contribution in [0.4, 0.5) is 0 Å². The molecule has 1 aromatic carbocycles. The maximum absolute atomic E-state index is 5.92. The molecule has 1 aliphatic heterocycles. The monoisotopic (exact) mass is 370 g/mol. The summed E-state index contributed by atoms with van der Waals surface area (Å²) in [7, 11) is 0. The molecule has 136 valence electrons. The third-order valence-electron chi connectivity index (χ3n) is 4.69. The standard InChI is InChI=1S/C20H22N4O.ClH/c1-15-18(23-20(25-15)16-6-3-2-4-7-16)14-24-11-10-22-13-19(24)17-8-5-9-21-12-17;/h2-9,12,19,22H,10-11,13-14H2,1H3;1H. The maximum Gasteiger partial charge on any atom is 0.226 e. The van der Waals surface area contributed by atoms with Gasteiger partial charge in [-0.2, -0.15) is 0 Å². The van der Waals surface area contributed by atoms with E-state index in [0.29, 0.717) is 11.9 Å². The van der Waals surface area contributed by atoms with Crippen molar-refractivity contribution in [2.75, 3.05) is 19.6 Å². The Morgan fingerprint density at radius 1 is 1.19 bits per heavy atom. The molecule has 1 aliphatic rings. The molecule has 5 nitrogen and oxygen atoms in total. The number of rotatable bonds is 4. The molecular formula is C20H23ClN4O. The van der Waals surface area contributed by atoms with Crippen LogP contribution in [0.3, 0.4) is 0 Å². The van der Waals surface area contributed by atoms with Crippen LogP contribution in [-0.2, 0) is 6.54 Å². The number of pyridine rings is 1.